The summed E-state index contributed by atoms with van der Waals surface area (Å²) in [6, 6.07) is 0. The molecule has 1 aromatic heterocycles. The molecule has 1 unspecified atom stereocenters. The third-order valence-electron chi connectivity index (χ3n) is 3.81. The molecule has 0 radical (unpaired) electrons. The third kappa shape index (κ3) is 2.92. The van der Waals surface area contributed by atoms with Crippen LogP contribution < -0.4 is 5.73 Å². The van der Waals surface area contributed by atoms with Crippen LogP contribution in [0, 0.1) is 5.41 Å². The zero-order chi connectivity index (χ0) is 14.3. The fraction of sp³-hybridized carbons (Fsp3) is 0.750. The van der Waals surface area contributed by atoms with Crippen molar-refractivity contribution in [2.45, 2.75) is 26.1 Å². The molecule has 1 fully saturated rings. The van der Waals surface area contributed by atoms with E-state index >= 15 is 0 Å². The van der Waals surface area contributed by atoms with Crippen molar-refractivity contribution in [1.29, 1.82) is 0 Å². The van der Waals surface area contributed by atoms with Gasteiger partial charge in [-0.3, -0.25) is 9.58 Å². The summed E-state index contributed by atoms with van der Waals surface area (Å²) in [5.41, 5.74) is 5.29. The van der Waals surface area contributed by atoms with E-state index < -0.39 is 11.9 Å². The lowest BCUT2D eigenvalue weighted by Crippen LogP contribution is -2.31. The molecule has 2 rings (SSSR count). The first-order valence-electron chi connectivity index (χ1n) is 6.26. The molecule has 1 aliphatic heterocycles. The Balaban J connectivity index is 2.13. The Morgan fingerprint density at radius 1 is 1.47 bits per heavy atom. The first kappa shape index (κ1) is 14.3. The van der Waals surface area contributed by atoms with E-state index in [2.05, 4.69) is 12.0 Å². The average Bonchev–Trinajstić information content (AvgIpc) is 2.84. The van der Waals surface area contributed by atoms with Gasteiger partial charge in [-0.2, -0.15) is 18.3 Å². The Morgan fingerprint density at radius 3 is 2.68 bits per heavy atom. The van der Waals surface area contributed by atoms with Gasteiger partial charge in [0, 0.05) is 25.7 Å². The van der Waals surface area contributed by atoms with Crippen LogP contribution in [0.1, 0.15) is 24.6 Å². The molecule has 4 nitrogen and oxygen atoms in total. The van der Waals surface area contributed by atoms with E-state index in [1.165, 1.54) is 13.2 Å². The van der Waals surface area contributed by atoms with Gasteiger partial charge in [0.05, 0.1) is 6.20 Å². The first-order valence-corrected chi connectivity index (χ1v) is 6.26. The second-order valence-corrected chi connectivity index (χ2v) is 5.62. The number of aromatic nitrogens is 2. The smallest absolute Gasteiger partial charge is 0.330 e. The van der Waals surface area contributed by atoms with Crippen LogP contribution in [0.4, 0.5) is 13.2 Å². The Morgan fingerprint density at radius 2 is 2.16 bits per heavy atom. The number of alkyl halides is 3. The van der Waals surface area contributed by atoms with Crippen LogP contribution in [0.25, 0.3) is 0 Å². The molecule has 19 heavy (non-hydrogen) atoms. The fourth-order valence-corrected chi connectivity index (χ4v) is 2.63. The maximum atomic E-state index is 12.9. The Bertz CT molecular complexity index is 454. The number of rotatable bonds is 3. The molecule has 0 amide bonds. The zero-order valence-corrected chi connectivity index (χ0v) is 11.2. The predicted molar refractivity (Wildman–Crippen MR) is 65.3 cm³/mol. The minimum atomic E-state index is -4.36. The summed E-state index contributed by atoms with van der Waals surface area (Å²) in [6.07, 6.45) is -2.14. The molecule has 0 saturated carbocycles. The molecule has 0 aromatic carbocycles. The van der Waals surface area contributed by atoms with Gasteiger partial charge in [-0.1, -0.05) is 6.92 Å². The van der Waals surface area contributed by atoms with Gasteiger partial charge in [0.2, 0.25) is 0 Å². The quantitative estimate of drug-likeness (QED) is 0.912. The van der Waals surface area contributed by atoms with Crippen molar-refractivity contribution in [2.24, 2.45) is 18.2 Å². The minimum Gasteiger partial charge on any atom is -0.330 e. The number of aryl methyl sites for hydroxylation is 1. The maximum absolute atomic E-state index is 12.9. The lowest BCUT2D eigenvalue weighted by molar-refractivity contribution is -0.144. The van der Waals surface area contributed by atoms with E-state index in [1.54, 1.807) is 0 Å². The van der Waals surface area contributed by atoms with Gasteiger partial charge in [0.1, 0.15) is 5.69 Å². The molecule has 108 valence electrons. The topological polar surface area (TPSA) is 47.1 Å². The van der Waals surface area contributed by atoms with Crippen LogP contribution in [0.15, 0.2) is 6.20 Å². The predicted octanol–water partition coefficient (Wildman–Crippen LogP) is 1.61. The SMILES string of the molecule is Cn1ncc(CN2CCC(C)(CN)C2)c1C(F)(F)F. The summed E-state index contributed by atoms with van der Waals surface area (Å²) in [5.74, 6) is 0. The maximum Gasteiger partial charge on any atom is 0.433 e. The lowest BCUT2D eigenvalue weighted by Gasteiger charge is -2.22. The first-order chi connectivity index (χ1) is 8.75. The van der Waals surface area contributed by atoms with Gasteiger partial charge in [0.25, 0.3) is 0 Å². The van der Waals surface area contributed by atoms with Crippen LogP contribution in [-0.2, 0) is 19.8 Å². The Labute approximate surface area is 110 Å². The van der Waals surface area contributed by atoms with Crippen molar-refractivity contribution < 1.29 is 13.2 Å². The summed E-state index contributed by atoms with van der Waals surface area (Å²) in [4.78, 5) is 2.01. The largest absolute Gasteiger partial charge is 0.433 e. The van der Waals surface area contributed by atoms with E-state index in [9.17, 15) is 13.2 Å². The molecule has 2 N–H and O–H groups in total. The molecule has 0 bridgehead atoms. The molecule has 1 atom stereocenters. The van der Waals surface area contributed by atoms with Gasteiger partial charge in [-0.25, -0.2) is 0 Å². The van der Waals surface area contributed by atoms with Gasteiger partial charge in [0.15, 0.2) is 0 Å². The summed E-state index contributed by atoms with van der Waals surface area (Å²) in [6.45, 7) is 4.41. The molecule has 0 aliphatic carbocycles. The second-order valence-electron chi connectivity index (χ2n) is 5.62. The van der Waals surface area contributed by atoms with Gasteiger partial charge >= 0.3 is 6.18 Å². The highest BCUT2D eigenvalue weighted by atomic mass is 19.4. The van der Waals surface area contributed by atoms with Gasteiger partial charge < -0.3 is 5.73 Å². The van der Waals surface area contributed by atoms with Crippen LogP contribution in [-0.4, -0.2) is 34.3 Å². The number of hydrogen-bond donors (Lipinski definition) is 1. The Kier molecular flexibility index (Phi) is 3.61. The fourth-order valence-electron chi connectivity index (χ4n) is 2.63. The van der Waals surface area contributed by atoms with Crippen LogP contribution in [0.3, 0.4) is 0 Å². The standard InChI is InChI=1S/C12H19F3N4/c1-11(7-16)3-4-19(8-11)6-9-5-17-18(2)10(9)12(13,14)15/h5H,3-4,6-8,16H2,1-2H3. The zero-order valence-electron chi connectivity index (χ0n) is 11.2. The van der Waals surface area contributed by atoms with E-state index in [0.29, 0.717) is 6.54 Å². The normalized spacial score (nSPS) is 25.2. The molecule has 2 heterocycles. The number of likely N-dealkylation sites (tertiary alicyclic amines) is 1. The molecular weight excluding hydrogens is 257 g/mol. The monoisotopic (exact) mass is 276 g/mol. The summed E-state index contributed by atoms with van der Waals surface area (Å²) >= 11 is 0. The van der Waals surface area contributed by atoms with Crippen molar-refractivity contribution >= 4 is 0 Å². The van der Waals surface area contributed by atoms with Crippen LogP contribution >= 0.6 is 0 Å². The molecule has 1 saturated heterocycles. The molecule has 0 spiro atoms. The third-order valence-corrected chi connectivity index (χ3v) is 3.81. The van der Waals surface area contributed by atoms with Crippen molar-refractivity contribution in [1.82, 2.24) is 14.7 Å². The van der Waals surface area contributed by atoms with Crippen molar-refractivity contribution in [3.63, 3.8) is 0 Å². The van der Waals surface area contributed by atoms with Crippen molar-refractivity contribution in [3.05, 3.63) is 17.5 Å². The molecular formula is C12H19F3N4. The molecule has 1 aromatic rings. The van der Waals surface area contributed by atoms with E-state index in [0.717, 1.165) is 24.2 Å². The molecule has 1 aliphatic rings. The average molecular weight is 276 g/mol. The number of nitrogens with two attached hydrogens (primary N) is 1. The van der Waals surface area contributed by atoms with Gasteiger partial charge in [-0.05, 0) is 24.9 Å². The lowest BCUT2D eigenvalue weighted by atomic mass is 9.90. The highest BCUT2D eigenvalue weighted by molar-refractivity contribution is 5.21. The van der Waals surface area contributed by atoms with Crippen LogP contribution in [0.2, 0.25) is 0 Å². The summed E-state index contributed by atoms with van der Waals surface area (Å²) in [7, 11) is 1.32. The highest BCUT2D eigenvalue weighted by Crippen LogP contribution is 2.34. The number of nitrogens with zero attached hydrogens (tertiary/aromatic N) is 3. The Hall–Kier alpha value is -1.08. The van der Waals surface area contributed by atoms with Gasteiger partial charge in [-0.15, -0.1) is 0 Å². The number of hydrogen-bond acceptors (Lipinski definition) is 3. The molecule has 7 heteroatoms. The number of halogens is 3. The minimum absolute atomic E-state index is 0.0145. The highest BCUT2D eigenvalue weighted by Gasteiger charge is 2.39. The van der Waals surface area contributed by atoms with E-state index in [4.69, 9.17) is 5.73 Å². The van der Waals surface area contributed by atoms with Crippen molar-refractivity contribution in [2.75, 3.05) is 19.6 Å². The summed E-state index contributed by atoms with van der Waals surface area (Å²) in [5, 5.41) is 3.73. The van der Waals surface area contributed by atoms with Crippen molar-refractivity contribution in [3.8, 4) is 0 Å². The second kappa shape index (κ2) is 4.79. The van der Waals surface area contributed by atoms with E-state index in [-0.39, 0.29) is 17.5 Å². The summed E-state index contributed by atoms with van der Waals surface area (Å²) < 4.78 is 39.7. The van der Waals surface area contributed by atoms with Crippen LogP contribution in [0.5, 0.6) is 0 Å². The van der Waals surface area contributed by atoms with E-state index in [1.807, 2.05) is 4.90 Å².